The second-order valence-corrected chi connectivity index (χ2v) is 3.75. The van der Waals surface area contributed by atoms with E-state index in [4.69, 9.17) is 29.6 Å². The molecule has 1 aromatic carbocycles. The largest absolute Gasteiger partial charge is 0.389 e. The predicted molar refractivity (Wildman–Crippen MR) is 55.0 cm³/mol. The van der Waals surface area contributed by atoms with Gasteiger partial charge in [-0.15, -0.1) is 0 Å². The number of nitrogens with two attached hydrogens (primary N) is 1. The zero-order valence-corrected chi connectivity index (χ0v) is 8.63. The Labute approximate surface area is 83.7 Å². The fourth-order valence-electron chi connectivity index (χ4n) is 0.689. The van der Waals surface area contributed by atoms with Crippen molar-refractivity contribution in [1.82, 2.24) is 0 Å². The van der Waals surface area contributed by atoms with Crippen molar-refractivity contribution >= 4 is 44.7 Å². The Morgan fingerprint density at radius 3 is 2.64 bits per heavy atom. The molecular weight excluding hydrogens is 246 g/mol. The van der Waals surface area contributed by atoms with E-state index in [1.165, 1.54) is 0 Å². The molecule has 11 heavy (non-hydrogen) atoms. The number of hydrogen-bond donors (Lipinski definition) is 1. The molecule has 0 fully saturated rings. The fourth-order valence-corrected chi connectivity index (χ4v) is 1.70. The van der Waals surface area contributed by atoms with Crippen molar-refractivity contribution in [2.75, 3.05) is 0 Å². The molecule has 0 aliphatic heterocycles. The zero-order valence-electron chi connectivity index (χ0n) is 5.47. The molecule has 0 saturated heterocycles. The zero-order chi connectivity index (χ0) is 8.43. The lowest BCUT2D eigenvalue weighted by molar-refractivity contribution is 1.59. The van der Waals surface area contributed by atoms with E-state index >= 15 is 0 Å². The van der Waals surface area contributed by atoms with Gasteiger partial charge in [0.25, 0.3) is 0 Å². The van der Waals surface area contributed by atoms with Crippen LogP contribution in [0.25, 0.3) is 0 Å². The summed E-state index contributed by atoms with van der Waals surface area (Å²) in [7, 11) is 0. The van der Waals surface area contributed by atoms with E-state index in [9.17, 15) is 0 Å². The first kappa shape index (κ1) is 8.97. The second-order valence-electron chi connectivity index (χ2n) is 1.99. The van der Waals surface area contributed by atoms with Gasteiger partial charge in [0.15, 0.2) is 0 Å². The number of rotatable bonds is 1. The van der Waals surface area contributed by atoms with Crippen LogP contribution in [0.5, 0.6) is 0 Å². The number of benzene rings is 1. The highest BCUT2D eigenvalue weighted by Crippen LogP contribution is 2.20. The Bertz CT molecular complexity index is 300. The van der Waals surface area contributed by atoms with Crippen LogP contribution in [0, 0.1) is 0 Å². The molecule has 0 amide bonds. The highest BCUT2D eigenvalue weighted by Gasteiger charge is 2.01. The normalized spacial score (nSPS) is 9.64. The molecule has 0 radical (unpaired) electrons. The van der Waals surface area contributed by atoms with Crippen LogP contribution in [0.15, 0.2) is 22.7 Å². The molecular formula is C7H5BrClNS. The van der Waals surface area contributed by atoms with Crippen LogP contribution in [-0.2, 0) is 0 Å². The molecule has 1 nitrogen and oxygen atoms in total. The Balaban J connectivity index is 3.20. The van der Waals surface area contributed by atoms with E-state index in [0.29, 0.717) is 15.6 Å². The summed E-state index contributed by atoms with van der Waals surface area (Å²) in [6.07, 6.45) is 0. The topological polar surface area (TPSA) is 26.0 Å². The van der Waals surface area contributed by atoms with E-state index in [-0.39, 0.29) is 0 Å². The van der Waals surface area contributed by atoms with Crippen molar-refractivity contribution in [3.8, 4) is 0 Å². The van der Waals surface area contributed by atoms with Crippen molar-refractivity contribution in [3.05, 3.63) is 33.3 Å². The average molecular weight is 251 g/mol. The van der Waals surface area contributed by atoms with Crippen molar-refractivity contribution in [2.24, 2.45) is 5.73 Å². The molecule has 58 valence electrons. The molecule has 0 bridgehead atoms. The van der Waals surface area contributed by atoms with Gasteiger partial charge in [-0.05, 0) is 18.2 Å². The summed E-state index contributed by atoms with van der Waals surface area (Å²) in [6.45, 7) is 0. The van der Waals surface area contributed by atoms with Gasteiger partial charge >= 0.3 is 0 Å². The van der Waals surface area contributed by atoms with Crippen LogP contribution in [0.4, 0.5) is 0 Å². The summed E-state index contributed by atoms with van der Waals surface area (Å²) in [5, 5.41) is 0.576. The van der Waals surface area contributed by atoms with Crippen molar-refractivity contribution < 1.29 is 0 Å². The number of hydrogen-bond acceptors (Lipinski definition) is 1. The van der Waals surface area contributed by atoms with E-state index in [0.717, 1.165) is 4.47 Å². The molecule has 0 spiro atoms. The molecule has 1 aromatic rings. The Kier molecular flexibility index (Phi) is 2.87. The summed E-state index contributed by atoms with van der Waals surface area (Å²) >= 11 is 13.9. The number of thiocarbonyl (C=S) groups is 1. The van der Waals surface area contributed by atoms with Crippen LogP contribution in [-0.4, -0.2) is 4.99 Å². The van der Waals surface area contributed by atoms with Gasteiger partial charge in [0.05, 0.1) is 5.02 Å². The van der Waals surface area contributed by atoms with Gasteiger partial charge in [-0.2, -0.15) is 0 Å². The standard InChI is InChI=1S/C7H5BrClNS/c8-4-1-2-5(7(10)11)6(9)3-4/h1-3H,(H2,10,11). The molecule has 0 unspecified atom stereocenters. The number of halogens is 2. The van der Waals surface area contributed by atoms with E-state index in [1.807, 2.05) is 6.07 Å². The first-order chi connectivity index (χ1) is 5.11. The summed E-state index contributed by atoms with van der Waals surface area (Å²) < 4.78 is 0.919. The van der Waals surface area contributed by atoms with Gasteiger partial charge < -0.3 is 5.73 Å². The summed E-state index contributed by atoms with van der Waals surface area (Å²) in [5.41, 5.74) is 6.11. The van der Waals surface area contributed by atoms with Crippen LogP contribution in [0.2, 0.25) is 5.02 Å². The van der Waals surface area contributed by atoms with Crippen molar-refractivity contribution in [1.29, 1.82) is 0 Å². The third kappa shape index (κ3) is 2.15. The molecule has 2 N–H and O–H groups in total. The molecule has 0 saturated carbocycles. The van der Waals surface area contributed by atoms with Gasteiger partial charge in [0.2, 0.25) is 0 Å². The van der Waals surface area contributed by atoms with Crippen molar-refractivity contribution in [2.45, 2.75) is 0 Å². The quantitative estimate of drug-likeness (QED) is 0.776. The highest BCUT2D eigenvalue weighted by molar-refractivity contribution is 9.10. The lowest BCUT2D eigenvalue weighted by atomic mass is 10.2. The van der Waals surface area contributed by atoms with E-state index in [1.54, 1.807) is 12.1 Å². The maximum atomic E-state index is 5.83. The smallest absolute Gasteiger partial charge is 0.105 e. The first-order valence-electron chi connectivity index (χ1n) is 2.86. The molecule has 1 rings (SSSR count). The molecule has 0 aromatic heterocycles. The lowest BCUT2D eigenvalue weighted by Gasteiger charge is -2.00. The maximum absolute atomic E-state index is 5.83. The summed E-state index contributed by atoms with van der Waals surface area (Å²) in [4.78, 5) is 0.322. The average Bonchev–Trinajstić information content (AvgIpc) is 1.85. The van der Waals surface area contributed by atoms with E-state index < -0.39 is 0 Å². The van der Waals surface area contributed by atoms with Gasteiger partial charge in [-0.25, -0.2) is 0 Å². The maximum Gasteiger partial charge on any atom is 0.105 e. The predicted octanol–water partition coefficient (Wildman–Crippen LogP) is 2.74. The van der Waals surface area contributed by atoms with Crippen molar-refractivity contribution in [3.63, 3.8) is 0 Å². The highest BCUT2D eigenvalue weighted by atomic mass is 79.9. The Hall–Kier alpha value is -0.120. The van der Waals surface area contributed by atoms with Gasteiger partial charge in [-0.3, -0.25) is 0 Å². The van der Waals surface area contributed by atoms with Crippen LogP contribution in [0.3, 0.4) is 0 Å². The Morgan fingerprint density at radius 2 is 2.18 bits per heavy atom. The van der Waals surface area contributed by atoms with Gasteiger partial charge in [0.1, 0.15) is 4.99 Å². The fraction of sp³-hybridized carbons (Fsp3) is 0. The second kappa shape index (κ2) is 3.52. The molecule has 0 heterocycles. The minimum atomic E-state index is 0.322. The summed E-state index contributed by atoms with van der Waals surface area (Å²) in [6, 6.07) is 5.39. The van der Waals surface area contributed by atoms with E-state index in [2.05, 4.69) is 15.9 Å². The monoisotopic (exact) mass is 249 g/mol. The molecule has 0 aliphatic rings. The Morgan fingerprint density at radius 1 is 1.55 bits per heavy atom. The van der Waals surface area contributed by atoms with Crippen LogP contribution < -0.4 is 5.73 Å². The molecule has 0 aliphatic carbocycles. The van der Waals surface area contributed by atoms with Gasteiger partial charge in [0, 0.05) is 10.0 Å². The third-order valence-electron chi connectivity index (χ3n) is 1.20. The summed E-state index contributed by atoms with van der Waals surface area (Å²) in [5.74, 6) is 0. The SMILES string of the molecule is NC(=S)c1ccc(Br)cc1Cl. The first-order valence-corrected chi connectivity index (χ1v) is 4.44. The lowest BCUT2D eigenvalue weighted by Crippen LogP contribution is -2.09. The minimum Gasteiger partial charge on any atom is -0.389 e. The minimum absolute atomic E-state index is 0.322. The van der Waals surface area contributed by atoms with Crippen LogP contribution in [0.1, 0.15) is 5.56 Å². The van der Waals surface area contributed by atoms with Gasteiger partial charge in [-0.1, -0.05) is 39.7 Å². The molecule has 0 atom stereocenters. The molecule has 4 heteroatoms. The van der Waals surface area contributed by atoms with Crippen LogP contribution >= 0.6 is 39.7 Å². The third-order valence-corrected chi connectivity index (χ3v) is 2.22.